The summed E-state index contributed by atoms with van der Waals surface area (Å²) in [6.45, 7) is 4.97. The maximum atomic E-state index is 10.6. The molecule has 0 amide bonds. The van der Waals surface area contributed by atoms with Gasteiger partial charge in [-0.05, 0) is 37.9 Å². The van der Waals surface area contributed by atoms with Crippen molar-refractivity contribution in [2.24, 2.45) is 0 Å². The molecule has 2 N–H and O–H groups in total. The van der Waals surface area contributed by atoms with Crippen LogP contribution in [-0.2, 0) is 0 Å². The highest BCUT2D eigenvalue weighted by Gasteiger charge is 2.01. The van der Waals surface area contributed by atoms with Crippen LogP contribution in [0.25, 0.3) is 0 Å². The van der Waals surface area contributed by atoms with Crippen molar-refractivity contribution >= 4 is 11.7 Å². The molecule has 0 unspecified atom stereocenters. The second kappa shape index (κ2) is 6.12. The van der Waals surface area contributed by atoms with Crippen LogP contribution < -0.4 is 5.32 Å². The maximum absolute atomic E-state index is 10.6. The first-order valence-electron chi connectivity index (χ1n) is 5.39. The van der Waals surface area contributed by atoms with Gasteiger partial charge in [-0.15, -0.1) is 0 Å². The van der Waals surface area contributed by atoms with Gasteiger partial charge >= 0.3 is 5.97 Å². The molecule has 0 radical (unpaired) electrons. The molecule has 0 aromatic heterocycles. The predicted molar refractivity (Wildman–Crippen MR) is 65.1 cm³/mol. The minimum atomic E-state index is -0.891. The SMILES string of the molecule is CCN(C)CCNc1ccc(C(=O)O)cc1. The van der Waals surface area contributed by atoms with Crippen LogP contribution in [-0.4, -0.2) is 42.7 Å². The summed E-state index contributed by atoms with van der Waals surface area (Å²) in [6, 6.07) is 6.78. The minimum Gasteiger partial charge on any atom is -0.478 e. The van der Waals surface area contributed by atoms with E-state index in [0.717, 1.165) is 25.3 Å². The van der Waals surface area contributed by atoms with E-state index in [1.165, 1.54) is 0 Å². The first-order valence-corrected chi connectivity index (χ1v) is 5.39. The Kier molecular flexibility index (Phi) is 4.79. The Hall–Kier alpha value is -1.55. The molecule has 0 saturated carbocycles. The normalized spacial score (nSPS) is 10.4. The summed E-state index contributed by atoms with van der Waals surface area (Å²) >= 11 is 0. The molecule has 4 heteroatoms. The first kappa shape index (κ1) is 12.5. The summed E-state index contributed by atoms with van der Waals surface area (Å²) in [5.74, 6) is -0.891. The highest BCUT2D eigenvalue weighted by atomic mass is 16.4. The Morgan fingerprint density at radius 1 is 1.38 bits per heavy atom. The topological polar surface area (TPSA) is 52.6 Å². The summed E-state index contributed by atoms with van der Waals surface area (Å²) in [5.41, 5.74) is 1.27. The Balaban J connectivity index is 2.40. The highest BCUT2D eigenvalue weighted by molar-refractivity contribution is 5.87. The Morgan fingerprint density at radius 2 is 2.00 bits per heavy atom. The second-order valence-corrected chi connectivity index (χ2v) is 3.71. The number of likely N-dealkylation sites (N-methyl/N-ethyl adjacent to an activating group) is 1. The molecular weight excluding hydrogens is 204 g/mol. The first-order chi connectivity index (χ1) is 7.63. The standard InChI is InChI=1S/C12H18N2O2/c1-3-14(2)9-8-13-11-6-4-10(5-7-11)12(15)16/h4-7,13H,3,8-9H2,1-2H3,(H,15,16). The van der Waals surface area contributed by atoms with Crippen molar-refractivity contribution in [3.8, 4) is 0 Å². The molecule has 1 aromatic rings. The van der Waals surface area contributed by atoms with Gasteiger partial charge in [0, 0.05) is 18.8 Å². The lowest BCUT2D eigenvalue weighted by atomic mass is 10.2. The van der Waals surface area contributed by atoms with Crippen molar-refractivity contribution in [1.29, 1.82) is 0 Å². The zero-order chi connectivity index (χ0) is 12.0. The number of carbonyl (C=O) groups is 1. The van der Waals surface area contributed by atoms with E-state index < -0.39 is 5.97 Å². The van der Waals surface area contributed by atoms with Crippen molar-refractivity contribution < 1.29 is 9.90 Å². The van der Waals surface area contributed by atoms with Gasteiger partial charge in [0.15, 0.2) is 0 Å². The van der Waals surface area contributed by atoms with Crippen molar-refractivity contribution in [2.45, 2.75) is 6.92 Å². The maximum Gasteiger partial charge on any atom is 0.335 e. The third kappa shape index (κ3) is 3.90. The predicted octanol–water partition coefficient (Wildman–Crippen LogP) is 1.75. The van der Waals surface area contributed by atoms with Crippen LogP contribution in [0, 0.1) is 0 Å². The number of nitrogens with zero attached hydrogens (tertiary/aromatic N) is 1. The fraction of sp³-hybridized carbons (Fsp3) is 0.417. The molecular formula is C12H18N2O2. The number of carboxylic acid groups (broad SMARTS) is 1. The Morgan fingerprint density at radius 3 is 2.50 bits per heavy atom. The zero-order valence-corrected chi connectivity index (χ0v) is 9.73. The third-order valence-corrected chi connectivity index (χ3v) is 2.49. The summed E-state index contributed by atoms with van der Waals surface area (Å²) in [4.78, 5) is 12.8. The van der Waals surface area contributed by atoms with Gasteiger partial charge in [-0.1, -0.05) is 6.92 Å². The van der Waals surface area contributed by atoms with E-state index in [2.05, 4.69) is 24.2 Å². The van der Waals surface area contributed by atoms with E-state index in [0.29, 0.717) is 5.56 Å². The molecule has 0 spiro atoms. The van der Waals surface area contributed by atoms with Crippen molar-refractivity contribution in [2.75, 3.05) is 32.0 Å². The van der Waals surface area contributed by atoms with E-state index in [4.69, 9.17) is 5.11 Å². The number of rotatable bonds is 6. The quantitative estimate of drug-likeness (QED) is 0.770. The number of anilines is 1. The number of benzene rings is 1. The van der Waals surface area contributed by atoms with Gasteiger partial charge in [-0.2, -0.15) is 0 Å². The van der Waals surface area contributed by atoms with E-state index in [9.17, 15) is 4.79 Å². The molecule has 0 fully saturated rings. The highest BCUT2D eigenvalue weighted by Crippen LogP contribution is 2.08. The number of nitrogens with one attached hydrogen (secondary N) is 1. The molecule has 0 aliphatic rings. The summed E-state index contributed by atoms with van der Waals surface area (Å²) < 4.78 is 0. The Bertz CT molecular complexity index is 335. The molecule has 0 heterocycles. The molecule has 4 nitrogen and oxygen atoms in total. The number of aromatic carboxylic acids is 1. The lowest BCUT2D eigenvalue weighted by Crippen LogP contribution is -2.24. The lowest BCUT2D eigenvalue weighted by molar-refractivity contribution is 0.0697. The number of hydrogen-bond acceptors (Lipinski definition) is 3. The van der Waals surface area contributed by atoms with E-state index in [1.54, 1.807) is 24.3 Å². The van der Waals surface area contributed by atoms with Crippen LogP contribution in [0.4, 0.5) is 5.69 Å². The van der Waals surface area contributed by atoms with E-state index >= 15 is 0 Å². The van der Waals surface area contributed by atoms with Crippen molar-refractivity contribution in [1.82, 2.24) is 4.90 Å². The van der Waals surface area contributed by atoms with Gasteiger partial charge in [0.1, 0.15) is 0 Å². The zero-order valence-electron chi connectivity index (χ0n) is 9.73. The van der Waals surface area contributed by atoms with Gasteiger partial charge in [0.05, 0.1) is 5.56 Å². The van der Waals surface area contributed by atoms with Crippen LogP contribution in [0.15, 0.2) is 24.3 Å². The van der Waals surface area contributed by atoms with E-state index in [-0.39, 0.29) is 0 Å². The van der Waals surface area contributed by atoms with Crippen LogP contribution in [0.2, 0.25) is 0 Å². The average Bonchev–Trinajstić information content (AvgIpc) is 2.29. The molecule has 0 aliphatic heterocycles. The fourth-order valence-electron chi connectivity index (χ4n) is 1.28. The van der Waals surface area contributed by atoms with Crippen LogP contribution in [0.1, 0.15) is 17.3 Å². The monoisotopic (exact) mass is 222 g/mol. The fourth-order valence-corrected chi connectivity index (χ4v) is 1.28. The summed E-state index contributed by atoms with van der Waals surface area (Å²) in [6.07, 6.45) is 0. The number of carboxylic acids is 1. The third-order valence-electron chi connectivity index (χ3n) is 2.49. The molecule has 0 aliphatic carbocycles. The largest absolute Gasteiger partial charge is 0.478 e. The van der Waals surface area contributed by atoms with Gasteiger partial charge in [-0.25, -0.2) is 4.79 Å². The average molecular weight is 222 g/mol. The summed E-state index contributed by atoms with van der Waals surface area (Å²) in [7, 11) is 2.06. The van der Waals surface area contributed by atoms with E-state index in [1.807, 2.05) is 0 Å². The van der Waals surface area contributed by atoms with Crippen LogP contribution in [0.3, 0.4) is 0 Å². The second-order valence-electron chi connectivity index (χ2n) is 3.71. The molecule has 1 aromatic carbocycles. The lowest BCUT2D eigenvalue weighted by Gasteiger charge is -2.14. The number of hydrogen-bond donors (Lipinski definition) is 2. The molecule has 16 heavy (non-hydrogen) atoms. The van der Waals surface area contributed by atoms with Gasteiger partial charge in [0.2, 0.25) is 0 Å². The van der Waals surface area contributed by atoms with Crippen LogP contribution >= 0.6 is 0 Å². The smallest absolute Gasteiger partial charge is 0.335 e. The molecule has 0 bridgehead atoms. The molecule has 1 rings (SSSR count). The van der Waals surface area contributed by atoms with Crippen LogP contribution in [0.5, 0.6) is 0 Å². The Labute approximate surface area is 95.9 Å². The van der Waals surface area contributed by atoms with Crippen molar-refractivity contribution in [3.63, 3.8) is 0 Å². The molecule has 0 saturated heterocycles. The minimum absolute atomic E-state index is 0.316. The van der Waals surface area contributed by atoms with Gasteiger partial charge < -0.3 is 15.3 Å². The molecule has 88 valence electrons. The van der Waals surface area contributed by atoms with Crippen molar-refractivity contribution in [3.05, 3.63) is 29.8 Å². The van der Waals surface area contributed by atoms with Gasteiger partial charge in [0.25, 0.3) is 0 Å². The van der Waals surface area contributed by atoms with Gasteiger partial charge in [-0.3, -0.25) is 0 Å². The summed E-state index contributed by atoms with van der Waals surface area (Å²) in [5, 5.41) is 12.0. The molecule has 0 atom stereocenters.